The van der Waals surface area contributed by atoms with Gasteiger partial charge in [-0.2, -0.15) is 0 Å². The largest absolute Gasteiger partial charge is 0.481 e. The van der Waals surface area contributed by atoms with Crippen molar-refractivity contribution in [1.82, 2.24) is 0 Å². The molecule has 0 N–H and O–H groups in total. The summed E-state index contributed by atoms with van der Waals surface area (Å²) in [6.07, 6.45) is 9.02. The van der Waals surface area contributed by atoms with E-state index in [0.717, 1.165) is 58.6 Å². The zero-order valence-corrected chi connectivity index (χ0v) is 79.2. The Balaban J connectivity index is 0.000000126. The second-order valence-electron chi connectivity index (χ2n) is 38.7. The predicted octanol–water partition coefficient (Wildman–Crippen LogP) is 27.4. The molecule has 12 heteroatoms. The van der Waals surface area contributed by atoms with Crippen molar-refractivity contribution >= 4 is 72.3 Å². The van der Waals surface area contributed by atoms with Gasteiger partial charge in [-0.3, -0.25) is 4.79 Å². The minimum Gasteiger partial charge on any atom is -0.481 e. The first-order chi connectivity index (χ1) is 61.2. The Bertz CT molecular complexity index is 5570. The van der Waals surface area contributed by atoms with Crippen molar-refractivity contribution in [1.29, 1.82) is 0 Å². The lowest BCUT2D eigenvalue weighted by Gasteiger charge is -2.56. The van der Waals surface area contributed by atoms with Crippen LogP contribution in [0, 0.1) is 68.6 Å². The van der Waals surface area contributed by atoms with Crippen LogP contribution in [-0.2, 0) is 88.4 Å². The number of hydrogen-bond donors (Lipinski definition) is 0. The highest BCUT2D eigenvalue weighted by Gasteiger charge is 2.63. The molecule has 0 amide bonds. The van der Waals surface area contributed by atoms with Gasteiger partial charge in [-0.1, -0.05) is 238 Å². The summed E-state index contributed by atoms with van der Waals surface area (Å²) >= 11 is 0. The molecule has 6 bridgehead atoms. The Morgan fingerprint density at radius 2 is 0.685 bits per heavy atom. The summed E-state index contributed by atoms with van der Waals surface area (Å²) in [6.45, 7) is 29.0. The molecule has 127 heavy (non-hydrogen) atoms. The third-order valence-electron chi connectivity index (χ3n) is 26.1. The summed E-state index contributed by atoms with van der Waals surface area (Å²) in [5, 5.41) is 2.64. The number of carbonyl (C=O) groups is 3. The van der Waals surface area contributed by atoms with Crippen LogP contribution in [0.2, 0.25) is 0 Å². The van der Waals surface area contributed by atoms with Crippen LogP contribution >= 0.6 is 0 Å². The number of benzene rings is 13. The molecule has 1 aliphatic heterocycles. The van der Waals surface area contributed by atoms with Gasteiger partial charge < -0.3 is 23.7 Å². The van der Waals surface area contributed by atoms with Gasteiger partial charge in [-0.05, 0) is 279 Å². The van der Waals surface area contributed by atoms with Crippen molar-refractivity contribution in [3.63, 3.8) is 0 Å². The molecule has 8 nitrogen and oxygen atoms in total. The summed E-state index contributed by atoms with van der Waals surface area (Å²) in [5.41, 5.74) is 8.94. The Kier molecular flexibility index (Phi) is 27.8. The normalized spacial score (nSPS) is 20.0. The number of esters is 3. The molecule has 13 aromatic carbocycles. The van der Waals surface area contributed by atoms with Gasteiger partial charge in [0.25, 0.3) is 0 Å². The van der Waals surface area contributed by atoms with Gasteiger partial charge in [0.1, 0.15) is 23.7 Å². The van der Waals surface area contributed by atoms with Gasteiger partial charge in [-0.25, -0.2) is 9.59 Å². The van der Waals surface area contributed by atoms with E-state index < -0.39 is 5.97 Å². The molecular formula is C115H122O8S4+4. The molecule has 0 spiro atoms. The topological polar surface area (TPSA) is 97.4 Å². The molecule has 13 aromatic rings. The second-order valence-corrected chi connectivity index (χ2v) is 46.8. The van der Waals surface area contributed by atoms with Crippen molar-refractivity contribution in [2.45, 2.75) is 229 Å². The van der Waals surface area contributed by atoms with E-state index in [2.05, 4.69) is 386 Å². The highest BCUT2D eigenvalue weighted by molar-refractivity contribution is 7.98. The third kappa shape index (κ3) is 21.1. The molecule has 650 valence electrons. The van der Waals surface area contributed by atoms with Gasteiger partial charge in [0.2, 0.25) is 0 Å². The number of rotatable bonds is 21. The molecule has 5 unspecified atom stereocenters. The maximum absolute atomic E-state index is 12.7. The van der Waals surface area contributed by atoms with Crippen LogP contribution < -0.4 is 9.47 Å². The van der Waals surface area contributed by atoms with Crippen molar-refractivity contribution in [2.24, 2.45) is 40.9 Å². The average molecular weight is 1760 g/mol. The summed E-state index contributed by atoms with van der Waals surface area (Å²) in [5.74, 6) is 3.74. The lowest BCUT2D eigenvalue weighted by molar-refractivity contribution is -0.163. The Hall–Kier alpha value is -10.5. The number of hydrogen-bond acceptors (Lipinski definition) is 8. The lowest BCUT2D eigenvalue weighted by Crippen LogP contribution is -2.48. The molecule has 1 heterocycles. The highest BCUT2D eigenvalue weighted by Crippen LogP contribution is 2.60. The van der Waals surface area contributed by atoms with E-state index in [1.165, 1.54) is 125 Å². The van der Waals surface area contributed by atoms with Crippen LogP contribution in [0.1, 0.15) is 153 Å². The van der Waals surface area contributed by atoms with Gasteiger partial charge in [0.15, 0.2) is 72.0 Å². The van der Waals surface area contributed by atoms with Gasteiger partial charge >= 0.3 is 17.9 Å². The van der Waals surface area contributed by atoms with E-state index in [0.29, 0.717) is 12.4 Å². The van der Waals surface area contributed by atoms with E-state index in [1.54, 1.807) is 0 Å². The number of ether oxygens (including phenoxy) is 5. The average Bonchev–Trinajstić information content (AvgIpc) is 1.64. The van der Waals surface area contributed by atoms with Crippen molar-refractivity contribution in [3.8, 4) is 11.5 Å². The fourth-order valence-electron chi connectivity index (χ4n) is 20.4. The molecule has 7 fully saturated rings. The van der Waals surface area contributed by atoms with Crippen molar-refractivity contribution in [2.75, 3.05) is 19.8 Å². The van der Waals surface area contributed by atoms with Crippen LogP contribution in [0.4, 0.5) is 0 Å². The van der Waals surface area contributed by atoms with Gasteiger partial charge in [-0.15, -0.1) is 0 Å². The van der Waals surface area contributed by atoms with Gasteiger partial charge in [0.05, 0.1) is 56.1 Å². The monoisotopic (exact) mass is 1760 g/mol. The molecule has 6 aliphatic carbocycles. The summed E-state index contributed by atoms with van der Waals surface area (Å²) in [6, 6.07) is 116. The smallest absolute Gasteiger partial charge is 0.344 e. The van der Waals surface area contributed by atoms with Crippen molar-refractivity contribution < 1.29 is 38.1 Å². The zero-order valence-electron chi connectivity index (χ0n) is 75.9. The molecule has 1 saturated heterocycles. The molecular weight excluding hydrogens is 1640 g/mol. The van der Waals surface area contributed by atoms with E-state index >= 15 is 0 Å². The van der Waals surface area contributed by atoms with E-state index in [4.69, 9.17) is 23.7 Å². The van der Waals surface area contributed by atoms with E-state index in [-0.39, 0.29) is 120 Å². The quantitative estimate of drug-likeness (QED) is 0.0399. The van der Waals surface area contributed by atoms with E-state index in [1.807, 2.05) is 26.0 Å². The number of fused-ring (bicyclic) bond motifs is 2. The zero-order chi connectivity index (χ0) is 88.7. The number of carbonyl (C=O) groups excluding carboxylic acids is 3. The molecule has 7 aliphatic rings. The third-order valence-corrected chi connectivity index (χ3v) is 35.0. The predicted molar refractivity (Wildman–Crippen MR) is 521 cm³/mol. The fraction of sp³-hybridized carbons (Fsp3) is 0.313. The Morgan fingerprint density at radius 1 is 0.362 bits per heavy atom. The SMILES string of the molecule is CC(C)(C)c1ccc([S+](c2ccc(C(C)(C)C)cc2)c2ccc(C(C)(C)C)cc2)cc1.Cc1cc([S+](c2ccccc2)c2ccccc2)cc(C)c1OCC(=O)OC1C2CC3C(=O)OC1C3C2.Cc1cc([S+](c2ccccc2)c2ccccc2)cc(C)c1OCC(=O)OCC12CC3CC(CC(C3)C1)C2.c1ccc([S+](c2ccccc2)c2cccc3ccccc23)cc1. The second kappa shape index (κ2) is 39.2. The summed E-state index contributed by atoms with van der Waals surface area (Å²) in [7, 11) is -0.675. The van der Waals surface area contributed by atoms with Crippen LogP contribution in [0.5, 0.6) is 11.5 Å². The first-order valence-electron chi connectivity index (χ1n) is 45.3. The highest BCUT2D eigenvalue weighted by atomic mass is 32.2. The maximum atomic E-state index is 12.7. The first kappa shape index (κ1) is 89.9. The number of aryl methyl sites for hydroxylation is 4. The molecule has 6 saturated carbocycles. The molecule has 20 rings (SSSR count). The van der Waals surface area contributed by atoms with Crippen LogP contribution in [0.15, 0.2) is 380 Å². The van der Waals surface area contributed by atoms with E-state index in [9.17, 15) is 14.4 Å². The first-order valence-corrected chi connectivity index (χ1v) is 50.2. The maximum Gasteiger partial charge on any atom is 0.344 e. The fourth-order valence-corrected chi connectivity index (χ4v) is 29.2. The van der Waals surface area contributed by atoms with Gasteiger partial charge in [0, 0.05) is 46.9 Å². The molecule has 0 aromatic heterocycles. The Labute approximate surface area is 765 Å². The minimum absolute atomic E-state index is 0.00586. The van der Waals surface area contributed by atoms with Crippen LogP contribution in [0.3, 0.4) is 0 Å². The molecule has 5 atom stereocenters. The summed E-state index contributed by atoms with van der Waals surface area (Å²) < 4.78 is 29.2. The molecule has 0 radical (unpaired) electrons. The lowest BCUT2D eigenvalue weighted by atomic mass is 9.50. The summed E-state index contributed by atoms with van der Waals surface area (Å²) in [4.78, 5) is 53.2. The minimum atomic E-state index is -0.414. The standard InChI is InChI=1S/C33H37O3S.C30H29O5S.C30H39S.C22H17S/c1-23-13-30(37(28-9-5-3-6-10-28)29-11-7-4-8-12-29)14-24(2)32(23)35-21-31(34)36-22-33-18-25-15-26(19-33)17-27(16-25)20-33;1-18-13-23(36(21-9-5-3-6-10-21)22-11-7-4-8-12-22)14-19(2)27(18)33-17-26(31)34-28-20-15-24-25(16-20)30(32)35-29(24)28;1-28(2,3)22-10-16-25(17-11-22)31(26-18-12-23(13-19-26)29(4,5)6)27-20-14-24(15-21-27)30(7,8)9;1-3-12-19(13-4-1)23(20-14-5-2-6-15-20)22-17-9-11-18-10-7-8-16-21(18)22/h3-14,25-27H,15-22H2,1-2H3;3-14,20,24-25,28-29H,15-17H2,1-2H3;10-21H,1-9H3;1-17H/q4*+1. The van der Waals surface area contributed by atoms with Crippen LogP contribution in [-0.4, -0.2) is 49.9 Å². The Morgan fingerprint density at radius 3 is 1.06 bits per heavy atom. The van der Waals surface area contributed by atoms with Crippen LogP contribution in [0.25, 0.3) is 10.8 Å². The van der Waals surface area contributed by atoms with Crippen molar-refractivity contribution in [3.05, 3.63) is 360 Å².